The molecule has 1 saturated heterocycles. The Kier molecular flexibility index (Phi) is 6.18. The molecule has 0 unspecified atom stereocenters. The van der Waals surface area contributed by atoms with Crippen LogP contribution in [0.5, 0.6) is 11.5 Å². The molecule has 188 valence electrons. The van der Waals surface area contributed by atoms with E-state index in [0.717, 1.165) is 83.4 Å². The smallest absolute Gasteiger partial charge is 0.188 e. The first kappa shape index (κ1) is 23.4. The van der Waals surface area contributed by atoms with Crippen LogP contribution in [0.1, 0.15) is 29.7 Å². The van der Waals surface area contributed by atoms with E-state index in [1.54, 1.807) is 12.5 Å². The fourth-order valence-electron chi connectivity index (χ4n) is 4.89. The minimum Gasteiger partial charge on any atom is -0.472 e. The van der Waals surface area contributed by atoms with Gasteiger partial charge in [-0.25, -0.2) is 9.97 Å². The lowest BCUT2D eigenvalue weighted by atomic mass is 9.93. The third-order valence-corrected chi connectivity index (χ3v) is 7.00. The molecule has 2 N–H and O–H groups in total. The zero-order valence-corrected chi connectivity index (χ0v) is 21.1. The van der Waals surface area contributed by atoms with Crippen LogP contribution in [-0.4, -0.2) is 46.1 Å². The number of hydrogen-bond donors (Lipinski definition) is 2. The predicted molar refractivity (Wildman–Crippen MR) is 145 cm³/mol. The van der Waals surface area contributed by atoms with Gasteiger partial charge in [0.05, 0.1) is 18.3 Å². The third kappa shape index (κ3) is 5.11. The second kappa shape index (κ2) is 9.78. The van der Waals surface area contributed by atoms with Gasteiger partial charge in [0.1, 0.15) is 29.2 Å². The maximum absolute atomic E-state index is 6.35. The molecule has 37 heavy (non-hydrogen) atoms. The van der Waals surface area contributed by atoms with Gasteiger partial charge in [-0.2, -0.15) is 0 Å². The highest BCUT2D eigenvalue weighted by atomic mass is 16.5. The molecule has 0 aliphatic carbocycles. The number of ether oxygens (including phenoxy) is 2. The van der Waals surface area contributed by atoms with E-state index in [2.05, 4.69) is 37.7 Å². The Hall–Kier alpha value is -4.04. The second-order valence-electron chi connectivity index (χ2n) is 9.84. The number of hydrogen-bond acceptors (Lipinski definition) is 8. The summed E-state index contributed by atoms with van der Waals surface area (Å²) >= 11 is 0. The first-order valence-corrected chi connectivity index (χ1v) is 12.7. The summed E-state index contributed by atoms with van der Waals surface area (Å²) < 4.78 is 12.4. The normalized spacial score (nSPS) is 16.4. The Balaban J connectivity index is 1.19. The van der Waals surface area contributed by atoms with Crippen LogP contribution in [0.2, 0.25) is 0 Å². The minimum absolute atomic E-state index is 0.114. The van der Waals surface area contributed by atoms with Crippen molar-refractivity contribution in [1.29, 1.82) is 0 Å². The van der Waals surface area contributed by atoms with Crippen LogP contribution >= 0.6 is 0 Å². The summed E-state index contributed by atoms with van der Waals surface area (Å²) in [4.78, 5) is 18.0. The second-order valence-corrected chi connectivity index (χ2v) is 9.84. The van der Waals surface area contributed by atoms with Crippen LogP contribution in [0.4, 0.5) is 11.5 Å². The summed E-state index contributed by atoms with van der Waals surface area (Å²) in [5, 5.41) is 7.83. The summed E-state index contributed by atoms with van der Waals surface area (Å²) in [5.41, 5.74) is 4.78. The van der Waals surface area contributed by atoms with Crippen molar-refractivity contribution in [2.45, 2.75) is 38.7 Å². The molecule has 1 fully saturated rings. The Morgan fingerprint density at radius 3 is 2.70 bits per heavy atom. The maximum atomic E-state index is 6.35. The van der Waals surface area contributed by atoms with Crippen LogP contribution < -0.4 is 15.4 Å². The lowest BCUT2D eigenvalue weighted by Crippen LogP contribution is -2.44. The molecule has 0 radical (unpaired) electrons. The molecule has 4 heterocycles. The van der Waals surface area contributed by atoms with E-state index in [9.17, 15) is 0 Å². The van der Waals surface area contributed by atoms with Gasteiger partial charge in [-0.05, 0) is 80.5 Å². The summed E-state index contributed by atoms with van der Waals surface area (Å²) in [5.74, 6) is 3.08. The molecule has 0 bridgehead atoms. The Labute approximate surface area is 216 Å². The van der Waals surface area contributed by atoms with Gasteiger partial charge < -0.3 is 20.1 Å². The highest BCUT2D eigenvalue weighted by Crippen LogP contribution is 2.32. The molecule has 2 aromatic carbocycles. The molecule has 2 aromatic heterocycles. The van der Waals surface area contributed by atoms with Crippen LogP contribution in [0.3, 0.4) is 0 Å². The van der Waals surface area contributed by atoms with Crippen molar-refractivity contribution in [1.82, 2.24) is 20.3 Å². The molecule has 4 aromatic rings. The molecule has 8 heteroatoms. The topological polar surface area (TPSA) is 93.5 Å². The van der Waals surface area contributed by atoms with E-state index in [1.807, 2.05) is 50.2 Å². The van der Waals surface area contributed by atoms with Gasteiger partial charge in [-0.1, -0.05) is 6.07 Å². The van der Waals surface area contributed by atoms with Crippen molar-refractivity contribution in [3.8, 4) is 11.5 Å². The van der Waals surface area contributed by atoms with Crippen molar-refractivity contribution in [2.24, 2.45) is 4.99 Å². The molecule has 0 atom stereocenters. The molecule has 2 aliphatic heterocycles. The molecular formula is C29H30N6O2. The predicted octanol–water partition coefficient (Wildman–Crippen LogP) is 5.27. The molecule has 0 saturated carbocycles. The van der Waals surface area contributed by atoms with Gasteiger partial charge in [0.15, 0.2) is 5.90 Å². The molecule has 2 aliphatic rings. The number of fused-ring (bicyclic) bond motifs is 1. The SMILES string of the molecule is Cc1ccc(Oc2ccc(Nc3ncnc4ccc(CC5=NCC6(CCNCC6)O5)cc34)cc2C)cn1. The number of anilines is 2. The molecule has 0 amide bonds. The quantitative estimate of drug-likeness (QED) is 0.377. The van der Waals surface area contributed by atoms with Gasteiger partial charge in [0.25, 0.3) is 0 Å². The average molecular weight is 495 g/mol. The number of aryl methyl sites for hydroxylation is 2. The summed E-state index contributed by atoms with van der Waals surface area (Å²) in [6, 6.07) is 16.1. The van der Waals surface area contributed by atoms with Crippen molar-refractivity contribution in [3.05, 3.63) is 77.9 Å². The monoisotopic (exact) mass is 494 g/mol. The van der Waals surface area contributed by atoms with E-state index < -0.39 is 0 Å². The van der Waals surface area contributed by atoms with E-state index >= 15 is 0 Å². The van der Waals surface area contributed by atoms with E-state index in [1.165, 1.54) is 0 Å². The Morgan fingerprint density at radius 2 is 1.89 bits per heavy atom. The molecule has 6 rings (SSSR count). The van der Waals surface area contributed by atoms with Crippen LogP contribution in [0.15, 0.2) is 66.0 Å². The lowest BCUT2D eigenvalue weighted by molar-refractivity contribution is 0.0519. The van der Waals surface area contributed by atoms with Gasteiger partial charge >= 0.3 is 0 Å². The van der Waals surface area contributed by atoms with E-state index in [-0.39, 0.29) is 5.60 Å². The minimum atomic E-state index is -0.114. The maximum Gasteiger partial charge on any atom is 0.188 e. The van der Waals surface area contributed by atoms with Crippen molar-refractivity contribution >= 4 is 28.3 Å². The Bertz CT molecular complexity index is 1460. The number of aliphatic imine (C=N–C) groups is 1. The number of benzene rings is 2. The van der Waals surface area contributed by atoms with Crippen LogP contribution in [0, 0.1) is 13.8 Å². The summed E-state index contributed by atoms with van der Waals surface area (Å²) in [6.45, 7) is 6.71. The number of nitrogens with zero attached hydrogens (tertiary/aromatic N) is 4. The highest BCUT2D eigenvalue weighted by Gasteiger charge is 2.38. The number of nitrogens with one attached hydrogen (secondary N) is 2. The average Bonchev–Trinajstić information content (AvgIpc) is 3.28. The zero-order chi connectivity index (χ0) is 25.2. The third-order valence-electron chi connectivity index (χ3n) is 7.00. The summed E-state index contributed by atoms with van der Waals surface area (Å²) in [6.07, 6.45) is 6.00. The van der Waals surface area contributed by atoms with Crippen molar-refractivity contribution in [3.63, 3.8) is 0 Å². The fraction of sp³-hybridized carbons (Fsp3) is 0.310. The fourth-order valence-corrected chi connectivity index (χ4v) is 4.89. The number of pyridine rings is 1. The molecule has 1 spiro atoms. The standard InChI is InChI=1S/C29H30N6O2/c1-19-13-22(5-8-26(19)36-23-6-3-20(2)31-16-23)35-28-24-14-21(4-7-25(24)33-18-34-28)15-27-32-17-29(37-27)9-11-30-12-10-29/h3-8,13-14,16,18,30H,9-12,15,17H2,1-2H3,(H,33,34,35). The zero-order valence-electron chi connectivity index (χ0n) is 21.1. The number of rotatable bonds is 6. The van der Waals surface area contributed by atoms with E-state index in [4.69, 9.17) is 14.5 Å². The van der Waals surface area contributed by atoms with Gasteiger partial charge in [0, 0.05) is 36.0 Å². The molecular weight excluding hydrogens is 464 g/mol. The Morgan fingerprint density at radius 1 is 1.00 bits per heavy atom. The van der Waals surface area contributed by atoms with Gasteiger partial charge in [-0.3, -0.25) is 9.98 Å². The number of aromatic nitrogens is 3. The lowest BCUT2D eigenvalue weighted by Gasteiger charge is -2.32. The largest absolute Gasteiger partial charge is 0.472 e. The number of piperidine rings is 1. The summed E-state index contributed by atoms with van der Waals surface area (Å²) in [7, 11) is 0. The van der Waals surface area contributed by atoms with Crippen LogP contribution in [-0.2, 0) is 11.2 Å². The van der Waals surface area contributed by atoms with Crippen molar-refractivity contribution < 1.29 is 9.47 Å². The van der Waals surface area contributed by atoms with Gasteiger partial charge in [-0.15, -0.1) is 0 Å². The van der Waals surface area contributed by atoms with E-state index in [0.29, 0.717) is 12.2 Å². The first-order valence-electron chi connectivity index (χ1n) is 12.7. The first-order chi connectivity index (χ1) is 18.1. The highest BCUT2D eigenvalue weighted by molar-refractivity contribution is 5.92. The van der Waals surface area contributed by atoms with Gasteiger partial charge in [0.2, 0.25) is 0 Å². The van der Waals surface area contributed by atoms with Crippen LogP contribution in [0.25, 0.3) is 10.9 Å². The molecule has 8 nitrogen and oxygen atoms in total. The van der Waals surface area contributed by atoms with Crippen molar-refractivity contribution in [2.75, 3.05) is 25.0 Å².